The van der Waals surface area contributed by atoms with E-state index in [0.29, 0.717) is 36.6 Å². The van der Waals surface area contributed by atoms with E-state index in [0.717, 1.165) is 18.4 Å². The lowest BCUT2D eigenvalue weighted by molar-refractivity contribution is -0.121. The van der Waals surface area contributed by atoms with E-state index in [-0.39, 0.29) is 11.4 Å². The molecule has 136 valence electrons. The van der Waals surface area contributed by atoms with E-state index < -0.39 is 0 Å². The molecule has 1 aromatic rings. The summed E-state index contributed by atoms with van der Waals surface area (Å²) in [6.45, 7) is 4.55. The predicted molar refractivity (Wildman–Crippen MR) is 94.9 cm³/mol. The summed E-state index contributed by atoms with van der Waals surface area (Å²) in [6, 6.07) is 3.70. The van der Waals surface area contributed by atoms with Crippen molar-refractivity contribution in [2.24, 2.45) is 5.73 Å². The molecule has 6 heteroatoms. The standard InChI is InChI=1S/C18H30N2O4/c1-6-18(19,7-2)12-20-15(21)11-9-13-8-10-14(22-3)17(24-5)16(13)23-4/h8,10H,6-7,9,11-12,19H2,1-5H3,(H,20,21). The van der Waals surface area contributed by atoms with Crippen molar-refractivity contribution in [3.8, 4) is 17.2 Å². The van der Waals surface area contributed by atoms with Gasteiger partial charge in [0.25, 0.3) is 0 Å². The van der Waals surface area contributed by atoms with E-state index in [1.165, 1.54) is 0 Å². The maximum Gasteiger partial charge on any atom is 0.220 e. The summed E-state index contributed by atoms with van der Waals surface area (Å²) < 4.78 is 16.1. The van der Waals surface area contributed by atoms with Crippen LogP contribution in [0.3, 0.4) is 0 Å². The second-order valence-electron chi connectivity index (χ2n) is 5.84. The van der Waals surface area contributed by atoms with E-state index in [4.69, 9.17) is 19.9 Å². The molecule has 0 fully saturated rings. The Kier molecular flexibility index (Phi) is 7.85. The number of rotatable bonds is 10. The fourth-order valence-electron chi connectivity index (χ4n) is 2.47. The monoisotopic (exact) mass is 338 g/mol. The van der Waals surface area contributed by atoms with Crippen molar-refractivity contribution < 1.29 is 19.0 Å². The van der Waals surface area contributed by atoms with Crippen molar-refractivity contribution in [3.63, 3.8) is 0 Å². The highest BCUT2D eigenvalue weighted by Crippen LogP contribution is 2.40. The van der Waals surface area contributed by atoms with Gasteiger partial charge in [-0.15, -0.1) is 0 Å². The van der Waals surface area contributed by atoms with Gasteiger partial charge in [0.15, 0.2) is 11.5 Å². The molecule has 1 rings (SSSR count). The Hall–Kier alpha value is -1.95. The summed E-state index contributed by atoms with van der Waals surface area (Å²) in [5.74, 6) is 1.71. The second kappa shape index (κ2) is 9.37. The van der Waals surface area contributed by atoms with Crippen molar-refractivity contribution in [2.45, 2.75) is 45.1 Å². The van der Waals surface area contributed by atoms with Crippen molar-refractivity contribution >= 4 is 5.91 Å². The lowest BCUT2D eigenvalue weighted by Crippen LogP contribution is -2.49. The number of nitrogens with two attached hydrogens (primary N) is 1. The normalized spacial score (nSPS) is 11.1. The summed E-state index contributed by atoms with van der Waals surface area (Å²) in [4.78, 5) is 12.1. The minimum absolute atomic E-state index is 0.0245. The first-order valence-corrected chi connectivity index (χ1v) is 8.28. The van der Waals surface area contributed by atoms with Gasteiger partial charge in [-0.25, -0.2) is 0 Å². The van der Waals surface area contributed by atoms with Crippen LogP contribution in [0, 0.1) is 0 Å². The Balaban J connectivity index is 2.72. The zero-order chi connectivity index (χ0) is 18.2. The molecule has 0 atom stereocenters. The first-order chi connectivity index (χ1) is 11.4. The van der Waals surface area contributed by atoms with Crippen LogP contribution in [0.1, 0.15) is 38.7 Å². The molecule has 0 aliphatic heterocycles. The van der Waals surface area contributed by atoms with Crippen molar-refractivity contribution in [1.29, 1.82) is 0 Å². The van der Waals surface area contributed by atoms with E-state index in [2.05, 4.69) is 5.32 Å². The molecule has 24 heavy (non-hydrogen) atoms. The van der Waals surface area contributed by atoms with Gasteiger partial charge in [0.1, 0.15) is 0 Å². The van der Waals surface area contributed by atoms with Crippen LogP contribution in [0.4, 0.5) is 0 Å². The van der Waals surface area contributed by atoms with Gasteiger partial charge in [-0.2, -0.15) is 0 Å². The number of carbonyl (C=O) groups excluding carboxylic acids is 1. The number of methoxy groups -OCH3 is 3. The average Bonchev–Trinajstić information content (AvgIpc) is 2.63. The quantitative estimate of drug-likeness (QED) is 0.684. The van der Waals surface area contributed by atoms with Crippen LogP contribution in [-0.4, -0.2) is 39.3 Å². The highest BCUT2D eigenvalue weighted by atomic mass is 16.5. The highest BCUT2D eigenvalue weighted by molar-refractivity contribution is 5.76. The molecule has 0 saturated heterocycles. The van der Waals surface area contributed by atoms with E-state index in [9.17, 15) is 4.79 Å². The molecule has 0 aliphatic carbocycles. The summed E-state index contributed by atoms with van der Waals surface area (Å²) >= 11 is 0. The molecule has 1 amide bonds. The van der Waals surface area contributed by atoms with Crippen molar-refractivity contribution in [3.05, 3.63) is 17.7 Å². The Morgan fingerprint density at radius 3 is 2.21 bits per heavy atom. The van der Waals surface area contributed by atoms with Crippen molar-refractivity contribution in [2.75, 3.05) is 27.9 Å². The number of aryl methyl sites for hydroxylation is 1. The first kappa shape index (κ1) is 20.1. The molecule has 0 radical (unpaired) electrons. The first-order valence-electron chi connectivity index (χ1n) is 8.28. The SMILES string of the molecule is CCC(N)(CC)CNC(=O)CCc1ccc(OC)c(OC)c1OC. The zero-order valence-corrected chi connectivity index (χ0v) is 15.4. The van der Waals surface area contributed by atoms with Crippen LogP contribution >= 0.6 is 0 Å². The topological polar surface area (TPSA) is 82.8 Å². The second-order valence-corrected chi connectivity index (χ2v) is 5.84. The summed E-state index contributed by atoms with van der Waals surface area (Å²) in [5.41, 5.74) is 6.76. The molecular formula is C18H30N2O4. The molecule has 1 aromatic carbocycles. The largest absolute Gasteiger partial charge is 0.493 e. The fraction of sp³-hybridized carbons (Fsp3) is 0.611. The molecular weight excluding hydrogens is 308 g/mol. The summed E-state index contributed by atoms with van der Waals surface area (Å²) in [7, 11) is 4.71. The number of benzene rings is 1. The summed E-state index contributed by atoms with van der Waals surface area (Å²) in [6.07, 6.45) is 2.56. The van der Waals surface area contributed by atoms with Gasteiger partial charge in [0.05, 0.1) is 21.3 Å². The third kappa shape index (κ3) is 5.03. The van der Waals surface area contributed by atoms with Gasteiger partial charge in [-0.1, -0.05) is 19.9 Å². The number of carbonyl (C=O) groups is 1. The predicted octanol–water partition coefficient (Wildman–Crippen LogP) is 2.28. The van der Waals surface area contributed by atoms with E-state index in [1.807, 2.05) is 26.0 Å². The van der Waals surface area contributed by atoms with Gasteiger partial charge < -0.3 is 25.3 Å². The molecule has 6 nitrogen and oxygen atoms in total. The molecule has 0 aromatic heterocycles. The van der Waals surface area contributed by atoms with Crippen LogP contribution in [0.2, 0.25) is 0 Å². The molecule has 0 aliphatic rings. The van der Waals surface area contributed by atoms with E-state index in [1.54, 1.807) is 21.3 Å². The van der Waals surface area contributed by atoms with E-state index >= 15 is 0 Å². The van der Waals surface area contributed by atoms with Gasteiger partial charge in [-0.05, 0) is 30.9 Å². The maximum atomic E-state index is 12.1. The molecule has 0 unspecified atom stereocenters. The zero-order valence-electron chi connectivity index (χ0n) is 15.4. The van der Waals surface area contributed by atoms with Gasteiger partial charge >= 0.3 is 0 Å². The Morgan fingerprint density at radius 1 is 1.08 bits per heavy atom. The average molecular weight is 338 g/mol. The third-order valence-corrected chi connectivity index (χ3v) is 4.45. The minimum Gasteiger partial charge on any atom is -0.493 e. The van der Waals surface area contributed by atoms with Crippen LogP contribution < -0.4 is 25.3 Å². The maximum absolute atomic E-state index is 12.1. The number of nitrogens with one attached hydrogen (secondary N) is 1. The Bertz CT molecular complexity index is 542. The van der Waals surface area contributed by atoms with Crippen LogP contribution in [0.15, 0.2) is 12.1 Å². The molecule has 0 heterocycles. The lowest BCUT2D eigenvalue weighted by Gasteiger charge is -2.26. The number of hydrogen-bond donors (Lipinski definition) is 2. The highest BCUT2D eigenvalue weighted by Gasteiger charge is 2.21. The number of hydrogen-bond acceptors (Lipinski definition) is 5. The van der Waals surface area contributed by atoms with Gasteiger partial charge in [0, 0.05) is 18.5 Å². The van der Waals surface area contributed by atoms with Gasteiger partial charge in [0.2, 0.25) is 11.7 Å². The minimum atomic E-state index is -0.337. The molecule has 3 N–H and O–H groups in total. The number of amides is 1. The van der Waals surface area contributed by atoms with Crippen LogP contribution in [0.5, 0.6) is 17.2 Å². The Morgan fingerprint density at radius 2 is 1.71 bits per heavy atom. The summed E-state index contributed by atoms with van der Waals surface area (Å²) in [5, 5.41) is 2.92. The Labute approximate surface area is 144 Å². The smallest absolute Gasteiger partial charge is 0.220 e. The molecule has 0 bridgehead atoms. The molecule has 0 spiro atoms. The van der Waals surface area contributed by atoms with Gasteiger partial charge in [-0.3, -0.25) is 4.79 Å². The van der Waals surface area contributed by atoms with Crippen LogP contribution in [0.25, 0.3) is 0 Å². The molecule has 0 saturated carbocycles. The fourth-order valence-corrected chi connectivity index (χ4v) is 2.47. The number of ether oxygens (including phenoxy) is 3. The van der Waals surface area contributed by atoms with Crippen LogP contribution in [-0.2, 0) is 11.2 Å². The van der Waals surface area contributed by atoms with Crippen molar-refractivity contribution in [1.82, 2.24) is 5.32 Å². The lowest BCUT2D eigenvalue weighted by atomic mass is 9.94. The third-order valence-electron chi connectivity index (χ3n) is 4.45.